The number of nitrogens with one attached hydrogen (secondary N) is 1. The number of aromatic nitrogens is 2. The number of aromatic amines is 1. The molecule has 0 radical (unpaired) electrons. The molecule has 1 fully saturated rings. The van der Waals surface area contributed by atoms with Crippen LogP contribution in [0.1, 0.15) is 35.5 Å². The van der Waals surface area contributed by atoms with Gasteiger partial charge in [-0.15, -0.1) is 11.3 Å². The van der Waals surface area contributed by atoms with E-state index in [0.29, 0.717) is 23.3 Å². The van der Waals surface area contributed by atoms with Gasteiger partial charge in [-0.25, -0.2) is 4.98 Å². The van der Waals surface area contributed by atoms with Crippen LogP contribution in [0.5, 0.6) is 0 Å². The summed E-state index contributed by atoms with van der Waals surface area (Å²) in [6.45, 7) is 1.43. The van der Waals surface area contributed by atoms with Crippen molar-refractivity contribution in [3.63, 3.8) is 0 Å². The summed E-state index contributed by atoms with van der Waals surface area (Å²) in [6.07, 6.45) is 5.57. The fraction of sp³-hybridized carbons (Fsp3) is 0.562. The molecule has 0 aromatic carbocycles. The van der Waals surface area contributed by atoms with E-state index in [-0.39, 0.29) is 11.7 Å². The van der Waals surface area contributed by atoms with Crippen LogP contribution in [0.4, 0.5) is 0 Å². The highest BCUT2D eigenvalue weighted by Crippen LogP contribution is 2.34. The quantitative estimate of drug-likeness (QED) is 0.641. The van der Waals surface area contributed by atoms with Crippen LogP contribution in [0.3, 0.4) is 0 Å². The van der Waals surface area contributed by atoms with Crippen LogP contribution < -0.4 is 11.3 Å². The zero-order valence-corrected chi connectivity index (χ0v) is 15.0. The predicted molar refractivity (Wildman–Crippen MR) is 99.0 cm³/mol. The molecule has 8 heteroatoms. The lowest BCUT2D eigenvalue weighted by Crippen LogP contribution is -2.16. The third-order valence-corrected chi connectivity index (χ3v) is 6.48. The van der Waals surface area contributed by atoms with Crippen LogP contribution in [-0.2, 0) is 23.3 Å². The van der Waals surface area contributed by atoms with Gasteiger partial charge in [-0.05, 0) is 37.7 Å². The molecule has 3 N–H and O–H groups in total. The number of rotatable bonds is 4. The minimum Gasteiger partial charge on any atom is -0.379 e. The lowest BCUT2D eigenvalue weighted by atomic mass is 10.2. The molecule has 1 atom stereocenters. The number of fused-ring (bicyclic) bond motifs is 3. The maximum atomic E-state index is 12.4. The second kappa shape index (κ2) is 6.85. The minimum atomic E-state index is -0.0233. The van der Waals surface area contributed by atoms with E-state index in [9.17, 15) is 4.79 Å². The average Bonchev–Trinajstić information content (AvgIpc) is 3.27. The first kappa shape index (κ1) is 16.1. The Kier molecular flexibility index (Phi) is 4.60. The molecule has 0 amide bonds. The Morgan fingerprint density at radius 1 is 1.46 bits per heavy atom. The van der Waals surface area contributed by atoms with Crippen molar-refractivity contribution in [3.05, 3.63) is 26.6 Å². The number of hydrogen-bond donors (Lipinski definition) is 2. The van der Waals surface area contributed by atoms with Crippen molar-refractivity contribution in [1.82, 2.24) is 9.97 Å². The van der Waals surface area contributed by atoms with E-state index in [1.54, 1.807) is 11.3 Å². The molecule has 2 aromatic rings. The maximum Gasteiger partial charge on any atom is 0.259 e. The van der Waals surface area contributed by atoms with E-state index in [0.717, 1.165) is 48.9 Å². The Bertz CT molecular complexity index is 836. The van der Waals surface area contributed by atoms with Crippen LogP contribution >= 0.6 is 23.1 Å². The van der Waals surface area contributed by atoms with Gasteiger partial charge in [0.05, 0.1) is 23.8 Å². The van der Waals surface area contributed by atoms with Gasteiger partial charge in [0, 0.05) is 11.5 Å². The fourth-order valence-corrected chi connectivity index (χ4v) is 5.15. The van der Waals surface area contributed by atoms with E-state index in [1.807, 2.05) is 0 Å². The largest absolute Gasteiger partial charge is 0.379 e. The number of nitrogens with two attached hydrogens (primary N) is 1. The fourth-order valence-electron chi connectivity index (χ4n) is 3.28. The third kappa shape index (κ3) is 3.22. The summed E-state index contributed by atoms with van der Waals surface area (Å²) in [7, 11) is 0. The highest BCUT2D eigenvalue weighted by atomic mass is 32.2. The topological polar surface area (TPSA) is 93.4 Å². The van der Waals surface area contributed by atoms with E-state index < -0.39 is 0 Å². The lowest BCUT2D eigenvalue weighted by molar-refractivity contribution is 0.118. The summed E-state index contributed by atoms with van der Waals surface area (Å²) in [5.41, 5.74) is 7.14. The molecule has 0 bridgehead atoms. The summed E-state index contributed by atoms with van der Waals surface area (Å²) in [6, 6.07) is 0. The molecular weight excluding hydrogens is 344 g/mol. The molecule has 6 nitrogen and oxygen atoms in total. The maximum absolute atomic E-state index is 12.4. The zero-order chi connectivity index (χ0) is 16.5. The Morgan fingerprint density at radius 3 is 3.21 bits per heavy atom. The molecule has 0 unspecified atom stereocenters. The number of thioether (sulfide) groups is 1. The smallest absolute Gasteiger partial charge is 0.259 e. The molecule has 128 valence electrons. The predicted octanol–water partition coefficient (Wildman–Crippen LogP) is 2.20. The lowest BCUT2D eigenvalue weighted by Gasteiger charge is -2.06. The Balaban J connectivity index is 1.45. The van der Waals surface area contributed by atoms with Gasteiger partial charge in [0.25, 0.3) is 5.56 Å². The molecule has 3 heterocycles. The van der Waals surface area contributed by atoms with Gasteiger partial charge in [0.2, 0.25) is 0 Å². The number of aryl methyl sites for hydroxylation is 2. The van der Waals surface area contributed by atoms with Crippen LogP contribution in [-0.4, -0.2) is 34.4 Å². The van der Waals surface area contributed by atoms with Crippen LogP contribution in [0, 0.1) is 0 Å². The van der Waals surface area contributed by atoms with Crippen molar-refractivity contribution >= 4 is 38.5 Å². The molecule has 1 aliphatic heterocycles. The van der Waals surface area contributed by atoms with Crippen molar-refractivity contribution < 1.29 is 4.74 Å². The molecule has 0 saturated carbocycles. The van der Waals surface area contributed by atoms with E-state index in [1.165, 1.54) is 22.2 Å². The first-order valence-electron chi connectivity index (χ1n) is 8.28. The molecule has 2 aromatic heterocycles. The monoisotopic (exact) mass is 364 g/mol. The SMILES string of the molecule is NC(=NC[C@@H]1CCCO1)SCc1nc2sc3c(c2c(=O)[nH]1)CCC3. The highest BCUT2D eigenvalue weighted by molar-refractivity contribution is 8.13. The first-order chi connectivity index (χ1) is 11.7. The summed E-state index contributed by atoms with van der Waals surface area (Å²) >= 11 is 3.06. The summed E-state index contributed by atoms with van der Waals surface area (Å²) in [5.74, 6) is 1.18. The number of aliphatic imine (C=N–C) groups is 1. The second-order valence-electron chi connectivity index (χ2n) is 6.15. The Morgan fingerprint density at radius 2 is 2.38 bits per heavy atom. The van der Waals surface area contributed by atoms with Crippen LogP contribution in [0.25, 0.3) is 10.2 Å². The first-order valence-corrected chi connectivity index (χ1v) is 10.1. The molecule has 1 saturated heterocycles. The van der Waals surface area contributed by atoms with Crippen LogP contribution in [0.2, 0.25) is 0 Å². The van der Waals surface area contributed by atoms with Crippen molar-refractivity contribution in [2.75, 3.05) is 13.2 Å². The van der Waals surface area contributed by atoms with E-state index in [2.05, 4.69) is 15.0 Å². The van der Waals surface area contributed by atoms with Crippen molar-refractivity contribution in [1.29, 1.82) is 0 Å². The van der Waals surface area contributed by atoms with Gasteiger partial charge < -0.3 is 15.5 Å². The number of nitrogens with zero attached hydrogens (tertiary/aromatic N) is 2. The summed E-state index contributed by atoms with van der Waals surface area (Å²) < 4.78 is 5.53. The number of hydrogen-bond acceptors (Lipinski definition) is 6. The van der Waals surface area contributed by atoms with Gasteiger partial charge in [-0.2, -0.15) is 0 Å². The van der Waals surface area contributed by atoms with Gasteiger partial charge >= 0.3 is 0 Å². The summed E-state index contributed by atoms with van der Waals surface area (Å²) in [4.78, 5) is 26.4. The van der Waals surface area contributed by atoms with Crippen molar-refractivity contribution in [2.45, 2.75) is 44.0 Å². The summed E-state index contributed by atoms with van der Waals surface area (Å²) in [5, 5.41) is 1.31. The highest BCUT2D eigenvalue weighted by Gasteiger charge is 2.21. The molecule has 24 heavy (non-hydrogen) atoms. The van der Waals surface area contributed by atoms with Crippen molar-refractivity contribution in [2.24, 2.45) is 10.7 Å². The molecule has 4 rings (SSSR count). The van der Waals surface area contributed by atoms with Crippen molar-refractivity contribution in [3.8, 4) is 0 Å². The molecule has 2 aliphatic rings. The third-order valence-electron chi connectivity index (χ3n) is 4.46. The molecular formula is C16H20N4O2S2. The second-order valence-corrected chi connectivity index (χ2v) is 8.23. The Labute approximate surface area is 147 Å². The van der Waals surface area contributed by atoms with Gasteiger partial charge in [0.15, 0.2) is 5.17 Å². The van der Waals surface area contributed by atoms with Gasteiger partial charge in [0.1, 0.15) is 10.7 Å². The van der Waals surface area contributed by atoms with E-state index >= 15 is 0 Å². The number of thiophene rings is 1. The standard InChI is InChI=1S/C16H20N4O2S2/c17-16(18-7-9-3-2-6-22-9)23-8-12-19-14(21)13-10-4-1-5-11(10)24-15(13)20-12/h9H,1-8H2,(H2,17,18)(H,19,20,21)/t9-/m0/s1. The molecule has 1 aliphatic carbocycles. The number of amidine groups is 1. The van der Waals surface area contributed by atoms with Crippen LogP contribution in [0.15, 0.2) is 9.79 Å². The normalized spacial score (nSPS) is 20.8. The van der Waals surface area contributed by atoms with Gasteiger partial charge in [-0.1, -0.05) is 11.8 Å². The zero-order valence-electron chi connectivity index (χ0n) is 13.3. The van der Waals surface area contributed by atoms with Gasteiger partial charge in [-0.3, -0.25) is 9.79 Å². The van der Waals surface area contributed by atoms with E-state index in [4.69, 9.17) is 10.5 Å². The number of H-pyrrole nitrogens is 1. The number of ether oxygens (including phenoxy) is 1. The molecule has 0 spiro atoms. The minimum absolute atomic E-state index is 0.0233. The average molecular weight is 364 g/mol. The Hall–Kier alpha value is -1.38.